The molecule has 2 N–H and O–H groups in total. The van der Waals surface area contributed by atoms with Gasteiger partial charge in [-0.05, 0) is 85.0 Å². The van der Waals surface area contributed by atoms with Crippen molar-refractivity contribution in [1.29, 1.82) is 0 Å². The van der Waals surface area contributed by atoms with Crippen LogP contribution in [-0.2, 0) is 11.2 Å². The Morgan fingerprint density at radius 2 is 1.91 bits per heavy atom. The van der Waals surface area contributed by atoms with Crippen molar-refractivity contribution in [3.63, 3.8) is 0 Å². The molecule has 2 aromatic carbocycles. The zero-order valence-corrected chi connectivity index (χ0v) is 26.1. The lowest BCUT2D eigenvalue weighted by Gasteiger charge is -2.31. The van der Waals surface area contributed by atoms with E-state index in [1.54, 1.807) is 6.07 Å². The standard InChI is InChI=1S/C35H36F3N5O4/c1-2-24-27(37)5-4-18-10-23(44)11-25(28(18)24)30-29(38)31-26(13-39-30)32(42-14-20-8-19(33(45)46)9-21(20)15-42)41-34(40-31)47-17-35-6-3-7-43(35)16-22(36)12-35/h4-5,10-11,13,19-22,44H,2-3,6-9,12,14-17H2,1H3,(H,45,46)/t20-,21-,22-,35+/m1/s1. The summed E-state index contributed by atoms with van der Waals surface area (Å²) in [6, 6.07) is 5.75. The van der Waals surface area contributed by atoms with Gasteiger partial charge in [0.2, 0.25) is 0 Å². The molecule has 47 heavy (non-hydrogen) atoms. The highest BCUT2D eigenvalue weighted by Crippen LogP contribution is 2.45. The summed E-state index contributed by atoms with van der Waals surface area (Å²) in [7, 11) is 0. The van der Waals surface area contributed by atoms with E-state index in [2.05, 4.69) is 14.9 Å². The Hall–Kier alpha value is -4.19. The van der Waals surface area contributed by atoms with Gasteiger partial charge in [-0.1, -0.05) is 13.0 Å². The van der Waals surface area contributed by atoms with Gasteiger partial charge in [-0.15, -0.1) is 0 Å². The molecule has 0 unspecified atom stereocenters. The number of carboxylic acid groups (broad SMARTS) is 1. The second-order valence-corrected chi connectivity index (χ2v) is 13.8. The van der Waals surface area contributed by atoms with Crippen LogP contribution in [-0.4, -0.2) is 80.5 Å². The minimum atomic E-state index is -0.938. The van der Waals surface area contributed by atoms with Crippen LogP contribution in [0.1, 0.15) is 44.6 Å². The van der Waals surface area contributed by atoms with E-state index in [-0.39, 0.29) is 52.9 Å². The molecule has 4 aromatic rings. The van der Waals surface area contributed by atoms with Gasteiger partial charge in [-0.2, -0.15) is 9.97 Å². The number of carbonyl (C=O) groups is 1. The zero-order valence-electron chi connectivity index (χ0n) is 26.1. The van der Waals surface area contributed by atoms with E-state index >= 15 is 4.39 Å². The molecule has 9 nitrogen and oxygen atoms in total. The van der Waals surface area contributed by atoms with Crippen molar-refractivity contribution in [1.82, 2.24) is 19.9 Å². The van der Waals surface area contributed by atoms with Crippen LogP contribution in [0.4, 0.5) is 19.0 Å². The highest BCUT2D eigenvalue weighted by atomic mass is 19.1. The second-order valence-electron chi connectivity index (χ2n) is 13.8. The van der Waals surface area contributed by atoms with E-state index in [0.29, 0.717) is 72.9 Å². The number of hydrogen-bond acceptors (Lipinski definition) is 8. The normalized spacial score (nSPS) is 26.0. The average molecular weight is 648 g/mol. The number of benzene rings is 2. The molecule has 246 valence electrons. The minimum Gasteiger partial charge on any atom is -0.508 e. The van der Waals surface area contributed by atoms with Gasteiger partial charge in [0, 0.05) is 37.8 Å². The number of nitrogens with zero attached hydrogens (tertiary/aromatic N) is 5. The van der Waals surface area contributed by atoms with Gasteiger partial charge in [-0.25, -0.2) is 13.2 Å². The van der Waals surface area contributed by atoms with Crippen molar-refractivity contribution in [2.45, 2.75) is 57.2 Å². The number of ether oxygens (including phenoxy) is 1. The first-order valence-corrected chi connectivity index (χ1v) is 16.4. The molecule has 5 heterocycles. The summed E-state index contributed by atoms with van der Waals surface area (Å²) in [5.74, 6) is -1.68. The summed E-state index contributed by atoms with van der Waals surface area (Å²) in [6.07, 6.45) is 4.14. The first kappa shape index (κ1) is 30.2. The number of alkyl halides is 1. The fourth-order valence-electron chi connectivity index (χ4n) is 8.87. The van der Waals surface area contributed by atoms with Gasteiger partial charge in [0.1, 0.15) is 41.4 Å². The van der Waals surface area contributed by atoms with Gasteiger partial charge in [-0.3, -0.25) is 14.7 Å². The van der Waals surface area contributed by atoms with Gasteiger partial charge in [0.25, 0.3) is 0 Å². The van der Waals surface area contributed by atoms with Crippen LogP contribution in [0, 0.1) is 29.4 Å². The first-order chi connectivity index (χ1) is 22.6. The number of carboxylic acids is 1. The maximum Gasteiger partial charge on any atom is 0.319 e. The van der Waals surface area contributed by atoms with E-state index in [4.69, 9.17) is 9.72 Å². The third kappa shape index (κ3) is 4.94. The smallest absolute Gasteiger partial charge is 0.319 e. The van der Waals surface area contributed by atoms with E-state index in [0.717, 1.165) is 19.4 Å². The Labute approximate surface area is 269 Å². The number of aliphatic carboxylic acids is 1. The number of rotatable bonds is 7. The van der Waals surface area contributed by atoms with E-state index in [1.165, 1.54) is 24.4 Å². The number of aromatic nitrogens is 3. The molecule has 12 heteroatoms. The molecule has 4 fully saturated rings. The Bertz CT molecular complexity index is 1910. The number of halogens is 3. The van der Waals surface area contributed by atoms with Crippen LogP contribution in [0.2, 0.25) is 0 Å². The van der Waals surface area contributed by atoms with Crippen molar-refractivity contribution in [3.05, 3.63) is 47.7 Å². The molecule has 8 rings (SSSR count). The number of fused-ring (bicyclic) bond motifs is 4. The molecule has 3 saturated heterocycles. The fourth-order valence-corrected chi connectivity index (χ4v) is 8.87. The summed E-state index contributed by atoms with van der Waals surface area (Å²) in [6.45, 7) is 4.25. The van der Waals surface area contributed by atoms with Crippen LogP contribution >= 0.6 is 0 Å². The minimum absolute atomic E-state index is 0.0306. The summed E-state index contributed by atoms with van der Waals surface area (Å²) in [4.78, 5) is 29.7. The quantitative estimate of drug-likeness (QED) is 0.254. The van der Waals surface area contributed by atoms with Crippen LogP contribution in [0.15, 0.2) is 30.5 Å². The number of aromatic hydroxyl groups is 1. The predicted molar refractivity (Wildman–Crippen MR) is 169 cm³/mol. The Morgan fingerprint density at radius 3 is 2.66 bits per heavy atom. The van der Waals surface area contributed by atoms with Gasteiger partial charge in [0.15, 0.2) is 5.82 Å². The number of phenolic OH excluding ortho intramolecular Hbond substituents is 1. The molecule has 3 aliphatic heterocycles. The molecule has 4 atom stereocenters. The van der Waals surface area contributed by atoms with Gasteiger partial charge >= 0.3 is 12.0 Å². The molecule has 0 bridgehead atoms. The molecular weight excluding hydrogens is 611 g/mol. The van der Waals surface area contributed by atoms with Crippen LogP contribution in [0.5, 0.6) is 11.8 Å². The molecule has 2 aromatic heterocycles. The Balaban J connectivity index is 1.24. The highest BCUT2D eigenvalue weighted by Gasteiger charge is 2.49. The van der Waals surface area contributed by atoms with Gasteiger partial charge < -0.3 is 19.8 Å². The van der Waals surface area contributed by atoms with Crippen molar-refractivity contribution in [2.75, 3.05) is 37.7 Å². The molecule has 1 aliphatic carbocycles. The van der Waals surface area contributed by atoms with E-state index in [1.807, 2.05) is 11.8 Å². The maximum absolute atomic E-state index is 16.8. The molecule has 1 saturated carbocycles. The molecular formula is C35H36F3N5O4. The molecule has 0 radical (unpaired) electrons. The Morgan fingerprint density at radius 1 is 1.13 bits per heavy atom. The summed E-state index contributed by atoms with van der Waals surface area (Å²) in [5.41, 5.74) is 0.0505. The van der Waals surface area contributed by atoms with Crippen molar-refractivity contribution in [3.8, 4) is 23.0 Å². The monoisotopic (exact) mass is 647 g/mol. The first-order valence-electron chi connectivity index (χ1n) is 16.4. The predicted octanol–water partition coefficient (Wildman–Crippen LogP) is 5.89. The third-order valence-corrected chi connectivity index (χ3v) is 11.0. The summed E-state index contributed by atoms with van der Waals surface area (Å²) < 4.78 is 52.5. The van der Waals surface area contributed by atoms with E-state index < -0.39 is 29.3 Å². The van der Waals surface area contributed by atoms with Crippen molar-refractivity contribution >= 4 is 33.5 Å². The maximum atomic E-state index is 16.8. The zero-order chi connectivity index (χ0) is 32.6. The van der Waals surface area contributed by atoms with Crippen molar-refractivity contribution < 1.29 is 32.9 Å². The number of anilines is 1. The van der Waals surface area contributed by atoms with Gasteiger partial charge in [0.05, 0.1) is 16.8 Å². The van der Waals surface area contributed by atoms with Crippen LogP contribution in [0.25, 0.3) is 32.9 Å². The lowest BCUT2D eigenvalue weighted by Crippen LogP contribution is -2.43. The summed E-state index contributed by atoms with van der Waals surface area (Å²) in [5, 5.41) is 21.5. The number of hydrogen-bond donors (Lipinski definition) is 2. The van der Waals surface area contributed by atoms with Crippen molar-refractivity contribution in [2.24, 2.45) is 17.8 Å². The topological polar surface area (TPSA) is 112 Å². The lowest BCUT2D eigenvalue weighted by molar-refractivity contribution is -0.141. The molecule has 0 spiro atoms. The summed E-state index contributed by atoms with van der Waals surface area (Å²) >= 11 is 0. The second kappa shape index (κ2) is 11.2. The highest BCUT2D eigenvalue weighted by molar-refractivity contribution is 6.01. The number of aryl methyl sites for hydroxylation is 1. The van der Waals surface area contributed by atoms with Crippen LogP contribution in [0.3, 0.4) is 0 Å². The van der Waals surface area contributed by atoms with Crippen LogP contribution < -0.4 is 9.64 Å². The fraction of sp³-hybridized carbons (Fsp3) is 0.486. The Kier molecular flexibility index (Phi) is 7.19. The SMILES string of the molecule is CCc1c(F)ccc2cc(O)cc(-c3ncc4c(N5C[C@H]6CC(C(=O)O)C[C@@H]6C5)nc(OC[C@@]56CCCN5C[C@H](F)C6)nc4c3F)c12. The lowest BCUT2D eigenvalue weighted by atomic mass is 9.94. The van der Waals surface area contributed by atoms with E-state index in [9.17, 15) is 23.8 Å². The molecule has 4 aliphatic rings. The number of pyridine rings is 1. The number of phenols is 1. The average Bonchev–Trinajstić information content (AvgIpc) is 3.79. The molecule has 0 amide bonds. The third-order valence-electron chi connectivity index (χ3n) is 11.0. The largest absolute Gasteiger partial charge is 0.508 e.